The third-order valence-corrected chi connectivity index (χ3v) is 6.41. The monoisotopic (exact) mass is 489 g/mol. The number of aromatic nitrogens is 3. The Morgan fingerprint density at radius 3 is 2.31 bits per heavy atom. The van der Waals surface area contributed by atoms with Crippen LogP contribution in [0.15, 0.2) is 59.5 Å². The van der Waals surface area contributed by atoms with Gasteiger partial charge in [0.25, 0.3) is 5.56 Å². The Labute approximate surface area is 212 Å². The summed E-state index contributed by atoms with van der Waals surface area (Å²) in [4.78, 5) is 24.2. The third-order valence-electron chi connectivity index (χ3n) is 6.41. The first-order valence-corrected chi connectivity index (χ1v) is 12.9. The molecule has 4 rings (SSSR count). The Morgan fingerprint density at radius 2 is 1.64 bits per heavy atom. The van der Waals surface area contributed by atoms with Crippen molar-refractivity contribution in [1.29, 1.82) is 0 Å². The van der Waals surface area contributed by atoms with Gasteiger partial charge in [-0.25, -0.2) is 0 Å². The van der Waals surface area contributed by atoms with Crippen molar-refractivity contribution in [2.45, 2.75) is 73.1 Å². The molecule has 0 radical (unpaired) electrons. The molecule has 5 nitrogen and oxygen atoms in total. The molecule has 4 aromatic rings. The molecule has 0 saturated heterocycles. The number of rotatable bonds is 9. The van der Waals surface area contributed by atoms with E-state index in [1.807, 2.05) is 27.7 Å². The van der Waals surface area contributed by atoms with Crippen LogP contribution in [0.2, 0.25) is 0 Å². The summed E-state index contributed by atoms with van der Waals surface area (Å²) in [6.45, 7) is 10.2. The molecule has 190 valence electrons. The average Bonchev–Trinajstić information content (AvgIpc) is 3.14. The smallest absolute Gasteiger partial charge is 0.305 e. The number of carbonyl (C=O) groups excluding carboxylic acids is 1. The summed E-state index contributed by atoms with van der Waals surface area (Å²) in [5, 5.41) is 5.86. The van der Waals surface area contributed by atoms with Crippen molar-refractivity contribution in [3.63, 3.8) is 0 Å². The molecule has 0 spiro atoms. The van der Waals surface area contributed by atoms with Gasteiger partial charge < -0.3 is 4.57 Å². The van der Waals surface area contributed by atoms with Gasteiger partial charge in [-0.05, 0) is 62.1 Å². The highest BCUT2D eigenvalue weighted by Gasteiger charge is 2.18. The minimum atomic E-state index is -1.39. The van der Waals surface area contributed by atoms with Gasteiger partial charge in [0.05, 0.1) is 23.7 Å². The van der Waals surface area contributed by atoms with E-state index in [2.05, 4.69) is 40.9 Å². The average molecular weight is 490 g/mol. The lowest BCUT2D eigenvalue weighted by Crippen LogP contribution is -2.21. The van der Waals surface area contributed by atoms with Crippen LogP contribution >= 0.6 is 0 Å². The van der Waals surface area contributed by atoms with Gasteiger partial charge in [0.1, 0.15) is 0 Å². The molecule has 0 unspecified atom stereocenters. The van der Waals surface area contributed by atoms with Gasteiger partial charge in [-0.3, -0.25) is 9.59 Å². The molecule has 36 heavy (non-hydrogen) atoms. The van der Waals surface area contributed by atoms with Crippen molar-refractivity contribution in [2.75, 3.05) is 0 Å². The third kappa shape index (κ3) is 5.81. The number of unbranched alkanes of at least 4 members (excludes halogenated alkanes) is 3. The highest BCUT2D eigenvalue weighted by Crippen LogP contribution is 2.27. The topological polar surface area (TPSA) is 56.9 Å². The van der Waals surface area contributed by atoms with Crippen LogP contribution in [-0.2, 0) is 17.6 Å². The van der Waals surface area contributed by atoms with E-state index in [0.717, 1.165) is 28.9 Å². The van der Waals surface area contributed by atoms with Gasteiger partial charge in [-0.15, -0.1) is 0 Å². The molecule has 0 aliphatic heterocycles. The maximum absolute atomic E-state index is 13.5. The van der Waals surface area contributed by atoms with E-state index >= 15 is 0 Å². The second kappa shape index (κ2) is 12.4. The number of carbonyl (C=O) groups is 1. The summed E-state index contributed by atoms with van der Waals surface area (Å²) in [5.41, 5.74) is 5.11. The first-order valence-electron chi connectivity index (χ1n) is 12.9. The standard InChI is InChI=1S/C28H30FN3O2.C2H6/c1-4-5-6-7-9-21-10-8-11-24(16-21)31-19(2)25-18-30-32(28(34)27(25)20(31)3)23-14-12-22(13-15-23)17-26(29)33;1-2/h8,10-16,18H,4-7,9,17H2,1-3H3;1-2H3. The summed E-state index contributed by atoms with van der Waals surface area (Å²) in [6, 6.07) is 13.8. The summed E-state index contributed by atoms with van der Waals surface area (Å²) in [5.74, 6) is 0. The Kier molecular flexibility index (Phi) is 9.34. The van der Waals surface area contributed by atoms with Crippen molar-refractivity contribution in [3.8, 4) is 11.4 Å². The molecule has 0 saturated carbocycles. The predicted octanol–water partition coefficient (Wildman–Crippen LogP) is 6.98. The first-order chi connectivity index (χ1) is 17.4. The Balaban J connectivity index is 0.00000176. The van der Waals surface area contributed by atoms with E-state index in [1.54, 1.807) is 30.5 Å². The minimum Gasteiger partial charge on any atom is -0.317 e. The molecule has 2 aromatic heterocycles. The molecule has 0 bridgehead atoms. The number of halogens is 1. The van der Waals surface area contributed by atoms with Crippen molar-refractivity contribution in [1.82, 2.24) is 14.3 Å². The van der Waals surface area contributed by atoms with Gasteiger partial charge in [-0.2, -0.15) is 14.2 Å². The van der Waals surface area contributed by atoms with E-state index in [9.17, 15) is 14.0 Å². The summed E-state index contributed by atoms with van der Waals surface area (Å²) < 4.78 is 16.2. The summed E-state index contributed by atoms with van der Waals surface area (Å²) in [7, 11) is 0. The lowest BCUT2D eigenvalue weighted by Gasteiger charge is -2.11. The SMILES string of the molecule is CC.CCCCCCc1cccc(-n2c(C)c3cnn(-c4ccc(CC(=O)F)cc4)c(=O)c3c2C)c1. The fraction of sp³-hybridized carbons (Fsp3) is 0.367. The van der Waals surface area contributed by atoms with E-state index in [-0.39, 0.29) is 12.0 Å². The number of nitrogens with zero attached hydrogens (tertiary/aromatic N) is 3. The van der Waals surface area contributed by atoms with E-state index in [0.29, 0.717) is 16.6 Å². The van der Waals surface area contributed by atoms with Crippen molar-refractivity contribution in [3.05, 3.63) is 87.6 Å². The molecule has 2 heterocycles. The minimum absolute atomic E-state index is 0.207. The van der Waals surface area contributed by atoms with E-state index in [4.69, 9.17) is 0 Å². The second-order valence-electron chi connectivity index (χ2n) is 8.84. The lowest BCUT2D eigenvalue weighted by molar-refractivity contribution is -0.128. The Morgan fingerprint density at radius 1 is 0.917 bits per heavy atom. The molecule has 2 aromatic carbocycles. The fourth-order valence-electron chi connectivity index (χ4n) is 4.66. The number of hydrogen-bond donors (Lipinski definition) is 0. The van der Waals surface area contributed by atoms with Crippen molar-refractivity contribution in [2.24, 2.45) is 0 Å². The Bertz CT molecular complexity index is 1380. The van der Waals surface area contributed by atoms with Crippen molar-refractivity contribution >= 4 is 16.8 Å². The van der Waals surface area contributed by atoms with Crippen LogP contribution in [0.5, 0.6) is 0 Å². The zero-order valence-corrected chi connectivity index (χ0v) is 22.0. The molecule has 0 atom stereocenters. The normalized spacial score (nSPS) is 10.8. The molecule has 0 fully saturated rings. The molecule has 0 N–H and O–H groups in total. The van der Waals surface area contributed by atoms with Gasteiger partial charge in [0.2, 0.25) is 0 Å². The maximum atomic E-state index is 13.5. The fourth-order valence-corrected chi connectivity index (χ4v) is 4.66. The lowest BCUT2D eigenvalue weighted by atomic mass is 10.1. The van der Waals surface area contributed by atoms with Crippen LogP contribution in [0.3, 0.4) is 0 Å². The summed E-state index contributed by atoms with van der Waals surface area (Å²) in [6.07, 6.45) is 7.39. The van der Waals surface area contributed by atoms with Crippen LogP contribution < -0.4 is 5.56 Å². The predicted molar refractivity (Wildman–Crippen MR) is 145 cm³/mol. The van der Waals surface area contributed by atoms with Crippen LogP contribution in [0.4, 0.5) is 4.39 Å². The van der Waals surface area contributed by atoms with Crippen LogP contribution in [0, 0.1) is 13.8 Å². The van der Waals surface area contributed by atoms with Gasteiger partial charge >= 0.3 is 6.04 Å². The molecule has 6 heteroatoms. The highest BCUT2D eigenvalue weighted by atomic mass is 19.1. The van der Waals surface area contributed by atoms with Crippen LogP contribution in [0.25, 0.3) is 22.1 Å². The highest BCUT2D eigenvalue weighted by molar-refractivity contribution is 5.88. The summed E-state index contributed by atoms with van der Waals surface area (Å²) >= 11 is 0. The number of fused-ring (bicyclic) bond motifs is 1. The van der Waals surface area contributed by atoms with Crippen LogP contribution in [0.1, 0.15) is 69.0 Å². The zero-order chi connectivity index (χ0) is 26.2. The Hall–Kier alpha value is -3.54. The largest absolute Gasteiger partial charge is 0.317 e. The van der Waals surface area contributed by atoms with E-state index in [1.165, 1.54) is 35.9 Å². The maximum Gasteiger partial charge on any atom is 0.305 e. The molecular weight excluding hydrogens is 453 g/mol. The van der Waals surface area contributed by atoms with Gasteiger partial charge in [-0.1, -0.05) is 64.3 Å². The van der Waals surface area contributed by atoms with Gasteiger partial charge in [0, 0.05) is 22.5 Å². The molecule has 0 amide bonds. The van der Waals surface area contributed by atoms with Crippen LogP contribution in [-0.4, -0.2) is 20.4 Å². The van der Waals surface area contributed by atoms with Gasteiger partial charge in [0.15, 0.2) is 0 Å². The second-order valence-corrected chi connectivity index (χ2v) is 8.84. The molecule has 0 aliphatic rings. The number of aryl methyl sites for hydroxylation is 3. The number of benzene rings is 2. The molecular formula is C30H36FN3O2. The van der Waals surface area contributed by atoms with Crippen molar-refractivity contribution < 1.29 is 9.18 Å². The first kappa shape index (κ1) is 27.1. The van der Waals surface area contributed by atoms with E-state index < -0.39 is 6.04 Å². The quantitative estimate of drug-likeness (QED) is 0.188. The number of hydrogen-bond acceptors (Lipinski definition) is 3. The molecule has 0 aliphatic carbocycles. The zero-order valence-electron chi connectivity index (χ0n) is 22.0.